The maximum Gasteiger partial charge on any atom is 0.253 e. The minimum atomic E-state index is 0.239. The molecule has 2 N–H and O–H groups in total. The highest BCUT2D eigenvalue weighted by Crippen LogP contribution is 2.20. The number of ether oxygens (including phenoxy) is 1. The summed E-state index contributed by atoms with van der Waals surface area (Å²) >= 11 is 0. The van der Waals surface area contributed by atoms with Gasteiger partial charge in [-0.3, -0.25) is 0 Å². The second-order valence-corrected chi connectivity index (χ2v) is 3.97. The van der Waals surface area contributed by atoms with Crippen molar-refractivity contribution in [1.29, 1.82) is 0 Å². The van der Waals surface area contributed by atoms with Crippen LogP contribution in [0.3, 0.4) is 0 Å². The quantitative estimate of drug-likeness (QED) is 0.856. The van der Waals surface area contributed by atoms with Crippen molar-refractivity contribution < 1.29 is 9.15 Å². The number of hydrogen-bond acceptors (Lipinski definition) is 6. The molecule has 0 saturated carbocycles. The minimum absolute atomic E-state index is 0.239. The maximum atomic E-state index is 5.58. The van der Waals surface area contributed by atoms with Gasteiger partial charge in [0.15, 0.2) is 6.61 Å². The molecule has 0 spiro atoms. The average Bonchev–Trinajstić information content (AvgIpc) is 2.84. The summed E-state index contributed by atoms with van der Waals surface area (Å²) < 4.78 is 10.8. The summed E-state index contributed by atoms with van der Waals surface area (Å²) in [6.07, 6.45) is 0. The highest BCUT2D eigenvalue weighted by Gasteiger charge is 2.05. The third kappa shape index (κ3) is 2.98. The van der Waals surface area contributed by atoms with E-state index >= 15 is 0 Å². The largest absolute Gasteiger partial charge is 0.484 e. The molecule has 2 rings (SSSR count). The number of benzene rings is 1. The van der Waals surface area contributed by atoms with Gasteiger partial charge in [0.2, 0.25) is 5.89 Å². The van der Waals surface area contributed by atoms with Crippen molar-refractivity contribution in [3.05, 3.63) is 36.0 Å². The van der Waals surface area contributed by atoms with Gasteiger partial charge in [-0.1, -0.05) is 6.07 Å². The number of hydrogen-bond donors (Lipinski definition) is 1. The van der Waals surface area contributed by atoms with Crippen LogP contribution in [-0.4, -0.2) is 24.3 Å². The molecule has 1 aromatic heterocycles. The molecule has 0 aliphatic carbocycles. The van der Waals surface area contributed by atoms with E-state index in [0.29, 0.717) is 11.8 Å². The number of rotatable bonds is 5. The van der Waals surface area contributed by atoms with E-state index in [0.717, 1.165) is 11.4 Å². The van der Waals surface area contributed by atoms with Crippen LogP contribution in [0.4, 0.5) is 5.69 Å². The lowest BCUT2D eigenvalue weighted by molar-refractivity contribution is 0.259. The van der Waals surface area contributed by atoms with Crippen LogP contribution >= 0.6 is 0 Å². The molecule has 0 atom stereocenters. The smallest absolute Gasteiger partial charge is 0.253 e. The Morgan fingerprint density at radius 3 is 2.72 bits per heavy atom. The van der Waals surface area contributed by atoms with Crippen LogP contribution in [0.5, 0.6) is 5.75 Å². The highest BCUT2D eigenvalue weighted by molar-refractivity contribution is 5.49. The second-order valence-electron chi connectivity index (χ2n) is 3.97. The van der Waals surface area contributed by atoms with Gasteiger partial charge < -0.3 is 19.8 Å². The number of nitrogens with two attached hydrogens (primary N) is 1. The van der Waals surface area contributed by atoms with Gasteiger partial charge in [0.25, 0.3) is 5.89 Å². The molecule has 0 unspecified atom stereocenters. The van der Waals surface area contributed by atoms with Crippen LogP contribution in [0.1, 0.15) is 11.8 Å². The Kier molecular flexibility index (Phi) is 3.78. The van der Waals surface area contributed by atoms with E-state index in [9.17, 15) is 0 Å². The van der Waals surface area contributed by atoms with Crippen molar-refractivity contribution in [2.75, 3.05) is 19.0 Å². The molecular weight excluding hydrogens is 232 g/mol. The molecular formula is C12H16N4O2. The lowest BCUT2D eigenvalue weighted by atomic mass is 10.3. The molecule has 1 aromatic carbocycles. The van der Waals surface area contributed by atoms with Gasteiger partial charge >= 0.3 is 0 Å². The van der Waals surface area contributed by atoms with Gasteiger partial charge in [0.1, 0.15) is 5.75 Å². The normalized spacial score (nSPS) is 10.4. The van der Waals surface area contributed by atoms with Crippen LogP contribution in [-0.2, 0) is 13.2 Å². The van der Waals surface area contributed by atoms with Gasteiger partial charge in [-0.25, -0.2) is 0 Å². The summed E-state index contributed by atoms with van der Waals surface area (Å²) in [4.78, 5) is 2.01. The molecule has 1 heterocycles. The van der Waals surface area contributed by atoms with Gasteiger partial charge in [-0.2, -0.15) is 0 Å². The lowest BCUT2D eigenvalue weighted by Crippen LogP contribution is -2.08. The van der Waals surface area contributed by atoms with Crippen molar-refractivity contribution in [1.82, 2.24) is 10.2 Å². The molecule has 2 aromatic rings. The van der Waals surface area contributed by atoms with Crippen molar-refractivity contribution in [3.63, 3.8) is 0 Å². The number of aromatic nitrogens is 2. The number of nitrogens with zero attached hydrogens (tertiary/aromatic N) is 3. The third-order valence-corrected chi connectivity index (χ3v) is 2.38. The molecule has 0 aliphatic rings. The van der Waals surface area contributed by atoms with Gasteiger partial charge in [-0.15, -0.1) is 10.2 Å². The summed E-state index contributed by atoms with van der Waals surface area (Å²) in [5.74, 6) is 1.59. The van der Waals surface area contributed by atoms with Crippen molar-refractivity contribution in [3.8, 4) is 5.75 Å². The second kappa shape index (κ2) is 5.50. The first-order valence-electron chi connectivity index (χ1n) is 5.60. The van der Waals surface area contributed by atoms with Crippen molar-refractivity contribution >= 4 is 5.69 Å². The third-order valence-electron chi connectivity index (χ3n) is 2.38. The Labute approximate surface area is 105 Å². The molecule has 0 amide bonds. The maximum absolute atomic E-state index is 5.58. The summed E-state index contributed by atoms with van der Waals surface area (Å²) in [7, 11) is 3.95. The standard InChI is InChI=1S/C12H16N4O2/c1-16(2)9-4-3-5-10(6-9)17-8-12-15-14-11(7-13)18-12/h3-6H,7-8,13H2,1-2H3. The fraction of sp³-hybridized carbons (Fsp3) is 0.333. The Hall–Kier alpha value is -2.08. The van der Waals surface area contributed by atoms with E-state index in [2.05, 4.69) is 10.2 Å². The van der Waals surface area contributed by atoms with E-state index in [-0.39, 0.29) is 13.2 Å². The van der Waals surface area contributed by atoms with Crippen LogP contribution in [0.15, 0.2) is 28.7 Å². The summed E-state index contributed by atoms with van der Waals surface area (Å²) in [6.45, 7) is 0.479. The summed E-state index contributed by atoms with van der Waals surface area (Å²) in [5, 5.41) is 7.59. The molecule has 96 valence electrons. The Morgan fingerprint density at radius 2 is 2.06 bits per heavy atom. The van der Waals surface area contributed by atoms with Crippen LogP contribution in [0, 0.1) is 0 Å². The molecule has 0 saturated heterocycles. The Bertz CT molecular complexity index is 510. The van der Waals surface area contributed by atoms with E-state index < -0.39 is 0 Å². The van der Waals surface area contributed by atoms with E-state index in [4.69, 9.17) is 14.9 Å². The fourth-order valence-corrected chi connectivity index (χ4v) is 1.43. The molecule has 0 fully saturated rings. The van der Waals surface area contributed by atoms with Crippen LogP contribution in [0.25, 0.3) is 0 Å². The molecule has 0 aliphatic heterocycles. The predicted octanol–water partition coefficient (Wildman–Crippen LogP) is 1.17. The van der Waals surface area contributed by atoms with Gasteiger partial charge in [0, 0.05) is 25.8 Å². The lowest BCUT2D eigenvalue weighted by Gasteiger charge is -2.13. The monoisotopic (exact) mass is 248 g/mol. The van der Waals surface area contributed by atoms with Crippen LogP contribution in [0.2, 0.25) is 0 Å². The zero-order valence-electron chi connectivity index (χ0n) is 10.5. The molecule has 18 heavy (non-hydrogen) atoms. The number of anilines is 1. The SMILES string of the molecule is CN(C)c1cccc(OCc2nnc(CN)o2)c1. The Morgan fingerprint density at radius 1 is 1.28 bits per heavy atom. The highest BCUT2D eigenvalue weighted by atomic mass is 16.5. The van der Waals surface area contributed by atoms with Crippen LogP contribution < -0.4 is 15.4 Å². The van der Waals surface area contributed by atoms with E-state index in [1.54, 1.807) is 0 Å². The molecule has 6 heteroatoms. The average molecular weight is 248 g/mol. The molecule has 6 nitrogen and oxygen atoms in total. The fourth-order valence-electron chi connectivity index (χ4n) is 1.43. The van der Waals surface area contributed by atoms with Crippen molar-refractivity contribution in [2.45, 2.75) is 13.2 Å². The Balaban J connectivity index is 1.99. The molecule has 0 radical (unpaired) electrons. The summed E-state index contributed by atoms with van der Waals surface area (Å²) in [5.41, 5.74) is 6.45. The van der Waals surface area contributed by atoms with Crippen molar-refractivity contribution in [2.24, 2.45) is 5.73 Å². The van der Waals surface area contributed by atoms with E-state index in [1.165, 1.54) is 0 Å². The minimum Gasteiger partial charge on any atom is -0.484 e. The zero-order valence-corrected chi connectivity index (χ0v) is 10.5. The first kappa shape index (κ1) is 12.4. The first-order chi connectivity index (χ1) is 8.69. The topological polar surface area (TPSA) is 77.4 Å². The van der Waals surface area contributed by atoms with Gasteiger partial charge in [0.05, 0.1) is 6.54 Å². The predicted molar refractivity (Wildman–Crippen MR) is 67.3 cm³/mol. The first-order valence-corrected chi connectivity index (χ1v) is 5.60. The zero-order chi connectivity index (χ0) is 13.0. The molecule has 0 bridgehead atoms. The van der Waals surface area contributed by atoms with Gasteiger partial charge in [-0.05, 0) is 12.1 Å². The van der Waals surface area contributed by atoms with E-state index in [1.807, 2.05) is 43.3 Å². The summed E-state index contributed by atoms with van der Waals surface area (Å²) in [6, 6.07) is 7.77.